The molecule has 0 aromatic heterocycles. The summed E-state index contributed by atoms with van der Waals surface area (Å²) in [7, 11) is 2.21. The highest BCUT2D eigenvalue weighted by atomic mass is 16.2. The van der Waals surface area contributed by atoms with Gasteiger partial charge in [0.1, 0.15) is 0 Å². The van der Waals surface area contributed by atoms with Gasteiger partial charge < -0.3 is 10.0 Å². The number of rotatable bonds is 3. The van der Waals surface area contributed by atoms with E-state index in [9.17, 15) is 0 Å². The first kappa shape index (κ1) is 11.0. The monoisotopic (exact) mass is 185 g/mol. The van der Waals surface area contributed by atoms with Gasteiger partial charge in [0.05, 0.1) is 0 Å². The lowest BCUT2D eigenvalue weighted by Gasteiger charge is -2.41. The fourth-order valence-corrected chi connectivity index (χ4v) is 2.48. The van der Waals surface area contributed by atoms with Crippen LogP contribution in [0, 0.1) is 11.8 Å². The lowest BCUT2D eigenvalue weighted by Crippen LogP contribution is -2.44. The number of likely N-dealkylation sites (tertiary alicyclic amines) is 1. The highest BCUT2D eigenvalue weighted by Crippen LogP contribution is 2.31. The topological polar surface area (TPSA) is 23.5 Å². The summed E-state index contributed by atoms with van der Waals surface area (Å²) in [4.78, 5) is 2.45. The van der Waals surface area contributed by atoms with Crippen molar-refractivity contribution in [3.05, 3.63) is 0 Å². The van der Waals surface area contributed by atoms with E-state index in [-0.39, 0.29) is 0 Å². The summed E-state index contributed by atoms with van der Waals surface area (Å²) in [6.45, 7) is 6.25. The standard InChI is InChI=1S/C11H23NO/c1-9-6-7-12(3)10(2)11(9)5-4-8-13/h9-11,13H,4-8H2,1-3H3. The second-order valence-electron chi connectivity index (χ2n) is 4.52. The Morgan fingerprint density at radius 3 is 2.69 bits per heavy atom. The number of aliphatic hydroxyl groups is 1. The van der Waals surface area contributed by atoms with Crippen LogP contribution in [0.1, 0.15) is 33.1 Å². The van der Waals surface area contributed by atoms with Crippen LogP contribution >= 0.6 is 0 Å². The molecule has 0 saturated carbocycles. The van der Waals surface area contributed by atoms with Crippen molar-refractivity contribution in [2.75, 3.05) is 20.2 Å². The van der Waals surface area contributed by atoms with Crippen LogP contribution in [0.25, 0.3) is 0 Å². The number of piperidine rings is 1. The molecule has 1 heterocycles. The Morgan fingerprint density at radius 2 is 2.08 bits per heavy atom. The zero-order valence-electron chi connectivity index (χ0n) is 9.16. The van der Waals surface area contributed by atoms with Crippen LogP contribution < -0.4 is 0 Å². The van der Waals surface area contributed by atoms with E-state index < -0.39 is 0 Å². The summed E-state index contributed by atoms with van der Waals surface area (Å²) in [6, 6.07) is 0.690. The molecule has 0 radical (unpaired) electrons. The molecule has 1 aliphatic heterocycles. The molecule has 1 fully saturated rings. The number of nitrogens with zero attached hydrogens (tertiary/aromatic N) is 1. The molecule has 1 N–H and O–H groups in total. The molecule has 0 aliphatic carbocycles. The molecule has 0 bridgehead atoms. The third kappa shape index (κ3) is 2.68. The third-order valence-electron chi connectivity index (χ3n) is 3.68. The van der Waals surface area contributed by atoms with Gasteiger partial charge in [0, 0.05) is 12.6 Å². The van der Waals surface area contributed by atoms with Gasteiger partial charge in [0.2, 0.25) is 0 Å². The molecule has 0 aromatic carbocycles. The Morgan fingerprint density at radius 1 is 1.38 bits per heavy atom. The maximum atomic E-state index is 8.82. The van der Waals surface area contributed by atoms with Gasteiger partial charge in [-0.25, -0.2) is 0 Å². The second-order valence-corrected chi connectivity index (χ2v) is 4.52. The van der Waals surface area contributed by atoms with E-state index in [1.807, 2.05) is 0 Å². The van der Waals surface area contributed by atoms with E-state index in [4.69, 9.17) is 5.11 Å². The van der Waals surface area contributed by atoms with Crippen molar-refractivity contribution in [1.82, 2.24) is 4.90 Å². The van der Waals surface area contributed by atoms with E-state index in [0.717, 1.165) is 18.3 Å². The Bertz CT molecular complexity index is 149. The fourth-order valence-electron chi connectivity index (χ4n) is 2.48. The predicted octanol–water partition coefficient (Wildman–Crippen LogP) is 1.74. The highest BCUT2D eigenvalue weighted by Gasteiger charge is 2.30. The Balaban J connectivity index is 2.45. The van der Waals surface area contributed by atoms with E-state index >= 15 is 0 Å². The Hall–Kier alpha value is -0.0800. The van der Waals surface area contributed by atoms with Gasteiger partial charge >= 0.3 is 0 Å². The van der Waals surface area contributed by atoms with Crippen LogP contribution in [-0.4, -0.2) is 36.2 Å². The molecule has 0 amide bonds. The molecule has 1 aliphatic rings. The van der Waals surface area contributed by atoms with E-state index in [0.29, 0.717) is 12.6 Å². The maximum absolute atomic E-state index is 8.82. The first-order valence-corrected chi connectivity index (χ1v) is 5.48. The summed E-state index contributed by atoms with van der Waals surface area (Å²) in [5.74, 6) is 1.61. The largest absolute Gasteiger partial charge is 0.396 e. The van der Waals surface area contributed by atoms with Crippen LogP contribution in [0.4, 0.5) is 0 Å². The normalized spacial score (nSPS) is 36.5. The Labute approximate surface area is 81.9 Å². The van der Waals surface area contributed by atoms with Gasteiger partial charge in [-0.1, -0.05) is 6.92 Å². The minimum atomic E-state index is 0.347. The van der Waals surface area contributed by atoms with Gasteiger partial charge in [-0.2, -0.15) is 0 Å². The third-order valence-corrected chi connectivity index (χ3v) is 3.68. The molecule has 78 valence electrons. The van der Waals surface area contributed by atoms with Crippen LogP contribution in [-0.2, 0) is 0 Å². The first-order chi connectivity index (χ1) is 6.16. The van der Waals surface area contributed by atoms with Crippen LogP contribution in [0.2, 0.25) is 0 Å². The summed E-state index contributed by atoms with van der Waals surface area (Å²) >= 11 is 0. The van der Waals surface area contributed by atoms with Crippen molar-refractivity contribution < 1.29 is 5.11 Å². The smallest absolute Gasteiger partial charge is 0.0431 e. The molecule has 3 atom stereocenters. The lowest BCUT2D eigenvalue weighted by molar-refractivity contribution is 0.0774. The SMILES string of the molecule is CC1CCN(C)C(C)C1CCCO. The summed E-state index contributed by atoms with van der Waals surface area (Å²) in [6.07, 6.45) is 3.47. The molecule has 13 heavy (non-hydrogen) atoms. The molecule has 1 rings (SSSR count). The van der Waals surface area contributed by atoms with Crippen molar-refractivity contribution in [2.45, 2.75) is 39.2 Å². The average Bonchev–Trinajstić information content (AvgIpc) is 2.12. The average molecular weight is 185 g/mol. The fraction of sp³-hybridized carbons (Fsp3) is 1.00. The molecule has 1 saturated heterocycles. The summed E-state index contributed by atoms with van der Waals surface area (Å²) in [5, 5.41) is 8.82. The van der Waals surface area contributed by atoms with E-state index in [2.05, 4.69) is 25.8 Å². The van der Waals surface area contributed by atoms with E-state index in [1.165, 1.54) is 19.4 Å². The zero-order valence-corrected chi connectivity index (χ0v) is 9.16. The molecule has 0 spiro atoms. The lowest BCUT2D eigenvalue weighted by atomic mass is 9.79. The quantitative estimate of drug-likeness (QED) is 0.724. The number of hydrogen-bond donors (Lipinski definition) is 1. The number of hydrogen-bond acceptors (Lipinski definition) is 2. The molecule has 2 nitrogen and oxygen atoms in total. The zero-order chi connectivity index (χ0) is 9.84. The molecule has 2 heteroatoms. The molecular formula is C11H23NO. The van der Waals surface area contributed by atoms with Gasteiger partial charge in [-0.15, -0.1) is 0 Å². The van der Waals surface area contributed by atoms with Gasteiger partial charge in [0.25, 0.3) is 0 Å². The van der Waals surface area contributed by atoms with Crippen LogP contribution in [0.3, 0.4) is 0 Å². The van der Waals surface area contributed by atoms with Gasteiger partial charge in [0.15, 0.2) is 0 Å². The molecular weight excluding hydrogens is 162 g/mol. The summed E-state index contributed by atoms with van der Waals surface area (Å²) < 4.78 is 0. The van der Waals surface area contributed by atoms with Crippen LogP contribution in [0.15, 0.2) is 0 Å². The van der Waals surface area contributed by atoms with Gasteiger partial charge in [-0.05, 0) is 51.6 Å². The van der Waals surface area contributed by atoms with Crippen LogP contribution in [0.5, 0.6) is 0 Å². The molecule has 3 unspecified atom stereocenters. The maximum Gasteiger partial charge on any atom is 0.0431 e. The van der Waals surface area contributed by atoms with E-state index in [1.54, 1.807) is 0 Å². The van der Waals surface area contributed by atoms with Crippen molar-refractivity contribution in [3.8, 4) is 0 Å². The first-order valence-electron chi connectivity index (χ1n) is 5.48. The predicted molar refractivity (Wildman–Crippen MR) is 55.7 cm³/mol. The van der Waals surface area contributed by atoms with Crippen molar-refractivity contribution in [2.24, 2.45) is 11.8 Å². The van der Waals surface area contributed by atoms with Gasteiger partial charge in [-0.3, -0.25) is 0 Å². The van der Waals surface area contributed by atoms with Crippen molar-refractivity contribution >= 4 is 0 Å². The second kappa shape index (κ2) is 4.97. The Kier molecular flexibility index (Phi) is 4.20. The van der Waals surface area contributed by atoms with Crippen molar-refractivity contribution in [3.63, 3.8) is 0 Å². The highest BCUT2D eigenvalue weighted by molar-refractivity contribution is 4.83. The minimum absolute atomic E-state index is 0.347. The molecule has 0 aromatic rings. The minimum Gasteiger partial charge on any atom is -0.396 e. The number of aliphatic hydroxyl groups excluding tert-OH is 1. The summed E-state index contributed by atoms with van der Waals surface area (Å²) in [5.41, 5.74) is 0. The van der Waals surface area contributed by atoms with Crippen molar-refractivity contribution in [1.29, 1.82) is 0 Å².